The number of carbonyl (C=O) groups is 1. The van der Waals surface area contributed by atoms with Crippen LogP contribution >= 0.6 is 12.4 Å². The van der Waals surface area contributed by atoms with Crippen LogP contribution in [0.4, 0.5) is 0 Å². The van der Waals surface area contributed by atoms with Gasteiger partial charge in [-0.05, 0) is 44.6 Å². The summed E-state index contributed by atoms with van der Waals surface area (Å²) in [6.45, 7) is 4.25. The molecule has 0 radical (unpaired) electrons. The van der Waals surface area contributed by atoms with Crippen LogP contribution in [0.2, 0.25) is 0 Å². The summed E-state index contributed by atoms with van der Waals surface area (Å²) >= 11 is 0. The highest BCUT2D eigenvalue weighted by Gasteiger charge is 2.31. The maximum Gasteiger partial charge on any atom is 0.225 e. The van der Waals surface area contributed by atoms with Crippen molar-refractivity contribution in [1.29, 1.82) is 0 Å². The summed E-state index contributed by atoms with van der Waals surface area (Å²) in [5, 5.41) is 0. The fourth-order valence-corrected chi connectivity index (χ4v) is 3.26. The molecule has 0 spiro atoms. The summed E-state index contributed by atoms with van der Waals surface area (Å²) in [4.78, 5) is 14.6. The van der Waals surface area contributed by atoms with Gasteiger partial charge in [-0.25, -0.2) is 0 Å². The minimum atomic E-state index is 0. The molecule has 1 saturated carbocycles. The second-order valence-electron chi connectivity index (χ2n) is 6.47. The standard InChI is InChI=1S/C18H28N2O.ClH/c1-4-17(11-14-7-5-13(2)6-8-14)20(3)18(21)15-9-10-16(19)12-15;/h5-8,15-17H,4,9-12,19H2,1-3H3;1H. The Bertz CT molecular complexity index is 474. The Balaban J connectivity index is 0.00000242. The van der Waals surface area contributed by atoms with E-state index in [2.05, 4.69) is 38.1 Å². The van der Waals surface area contributed by atoms with Gasteiger partial charge in [-0.3, -0.25) is 4.79 Å². The lowest BCUT2D eigenvalue weighted by Gasteiger charge is -2.30. The van der Waals surface area contributed by atoms with Crippen LogP contribution in [0.25, 0.3) is 0 Å². The van der Waals surface area contributed by atoms with Gasteiger partial charge < -0.3 is 10.6 Å². The normalized spacial score (nSPS) is 22.0. The van der Waals surface area contributed by atoms with Crippen LogP contribution in [0, 0.1) is 12.8 Å². The minimum Gasteiger partial charge on any atom is -0.342 e. The van der Waals surface area contributed by atoms with Gasteiger partial charge >= 0.3 is 0 Å². The Morgan fingerprint density at radius 2 is 1.95 bits per heavy atom. The van der Waals surface area contributed by atoms with Crippen molar-refractivity contribution in [3.05, 3.63) is 35.4 Å². The van der Waals surface area contributed by atoms with E-state index in [1.54, 1.807) is 0 Å². The van der Waals surface area contributed by atoms with Crippen LogP contribution in [-0.4, -0.2) is 29.9 Å². The number of rotatable bonds is 5. The molecular weight excluding hydrogens is 296 g/mol. The molecule has 2 rings (SSSR count). The Labute approximate surface area is 140 Å². The lowest BCUT2D eigenvalue weighted by molar-refractivity contribution is -0.136. The summed E-state index contributed by atoms with van der Waals surface area (Å²) in [5.74, 6) is 0.416. The maximum absolute atomic E-state index is 12.6. The van der Waals surface area contributed by atoms with Gasteiger partial charge in [-0.2, -0.15) is 0 Å². The van der Waals surface area contributed by atoms with E-state index >= 15 is 0 Å². The van der Waals surface area contributed by atoms with Crippen molar-refractivity contribution in [3.63, 3.8) is 0 Å². The highest BCUT2D eigenvalue weighted by Crippen LogP contribution is 2.27. The minimum absolute atomic E-state index is 0. The predicted molar refractivity (Wildman–Crippen MR) is 94.3 cm³/mol. The Kier molecular flexibility index (Phi) is 7.37. The Morgan fingerprint density at radius 1 is 1.32 bits per heavy atom. The molecule has 22 heavy (non-hydrogen) atoms. The number of aryl methyl sites for hydroxylation is 1. The molecule has 0 heterocycles. The molecule has 1 fully saturated rings. The van der Waals surface area contributed by atoms with Gasteiger partial charge in [0.2, 0.25) is 5.91 Å². The van der Waals surface area contributed by atoms with Crippen molar-refractivity contribution in [1.82, 2.24) is 4.90 Å². The lowest BCUT2D eigenvalue weighted by Crippen LogP contribution is -2.41. The molecule has 0 saturated heterocycles. The van der Waals surface area contributed by atoms with Gasteiger partial charge in [-0.1, -0.05) is 36.8 Å². The first-order valence-corrected chi connectivity index (χ1v) is 8.09. The van der Waals surface area contributed by atoms with Crippen LogP contribution in [0.15, 0.2) is 24.3 Å². The third-order valence-electron chi connectivity index (χ3n) is 4.78. The van der Waals surface area contributed by atoms with Gasteiger partial charge in [-0.15, -0.1) is 12.4 Å². The van der Waals surface area contributed by atoms with Crippen LogP contribution < -0.4 is 5.73 Å². The van der Waals surface area contributed by atoms with Gasteiger partial charge in [0.05, 0.1) is 0 Å². The molecule has 1 aromatic carbocycles. The molecule has 1 aliphatic carbocycles. The molecule has 0 bridgehead atoms. The van der Waals surface area contributed by atoms with Crippen molar-refractivity contribution < 1.29 is 4.79 Å². The predicted octanol–water partition coefficient (Wildman–Crippen LogP) is 3.32. The van der Waals surface area contributed by atoms with E-state index in [0.717, 1.165) is 32.1 Å². The number of carbonyl (C=O) groups excluding carboxylic acids is 1. The van der Waals surface area contributed by atoms with E-state index in [0.29, 0.717) is 0 Å². The van der Waals surface area contributed by atoms with Crippen LogP contribution in [0.5, 0.6) is 0 Å². The Morgan fingerprint density at radius 3 is 2.45 bits per heavy atom. The first-order chi connectivity index (χ1) is 10.0. The van der Waals surface area contributed by atoms with Crippen molar-refractivity contribution >= 4 is 18.3 Å². The highest BCUT2D eigenvalue weighted by atomic mass is 35.5. The molecule has 3 atom stereocenters. The molecule has 0 aliphatic heterocycles. The zero-order valence-corrected chi connectivity index (χ0v) is 14.7. The molecule has 2 N–H and O–H groups in total. The molecule has 4 heteroatoms. The first-order valence-electron chi connectivity index (χ1n) is 8.09. The zero-order valence-electron chi connectivity index (χ0n) is 13.9. The molecule has 3 nitrogen and oxygen atoms in total. The Hall–Kier alpha value is -1.06. The highest BCUT2D eigenvalue weighted by molar-refractivity contribution is 5.85. The molecule has 3 unspecified atom stereocenters. The van der Waals surface area contributed by atoms with Gasteiger partial charge in [0.15, 0.2) is 0 Å². The SMILES string of the molecule is CCC(Cc1ccc(C)cc1)N(C)C(=O)C1CCC(N)C1.Cl. The topological polar surface area (TPSA) is 46.3 Å². The van der Waals surface area contributed by atoms with Crippen molar-refractivity contribution in [2.24, 2.45) is 11.7 Å². The van der Waals surface area contributed by atoms with Crippen molar-refractivity contribution in [2.75, 3.05) is 7.05 Å². The molecule has 1 aromatic rings. The van der Waals surface area contributed by atoms with Crippen LogP contribution in [0.1, 0.15) is 43.7 Å². The fraction of sp³-hybridized carbons (Fsp3) is 0.611. The monoisotopic (exact) mass is 324 g/mol. The van der Waals surface area contributed by atoms with Crippen molar-refractivity contribution in [3.8, 4) is 0 Å². The first kappa shape index (κ1) is 19.0. The number of halogens is 1. The number of hydrogen-bond donors (Lipinski definition) is 1. The zero-order chi connectivity index (χ0) is 15.4. The molecule has 0 aromatic heterocycles. The van der Waals surface area contributed by atoms with Gasteiger partial charge in [0.1, 0.15) is 0 Å². The van der Waals surface area contributed by atoms with Gasteiger partial charge in [0.25, 0.3) is 0 Å². The second kappa shape index (κ2) is 8.54. The molecule has 1 amide bonds. The number of benzene rings is 1. The lowest BCUT2D eigenvalue weighted by atomic mass is 9.99. The third-order valence-corrected chi connectivity index (χ3v) is 4.78. The molecule has 124 valence electrons. The molecular formula is C18H29ClN2O. The van der Waals surface area contributed by atoms with E-state index in [-0.39, 0.29) is 36.3 Å². The average molecular weight is 325 g/mol. The number of amides is 1. The average Bonchev–Trinajstić information content (AvgIpc) is 2.91. The van der Waals surface area contributed by atoms with Gasteiger partial charge in [0, 0.05) is 25.0 Å². The number of hydrogen-bond acceptors (Lipinski definition) is 2. The van der Waals surface area contributed by atoms with E-state index in [9.17, 15) is 4.79 Å². The molecule has 1 aliphatic rings. The van der Waals surface area contributed by atoms with E-state index in [1.165, 1.54) is 11.1 Å². The fourth-order valence-electron chi connectivity index (χ4n) is 3.26. The summed E-state index contributed by atoms with van der Waals surface area (Å²) in [6.07, 6.45) is 4.70. The number of nitrogens with zero attached hydrogens (tertiary/aromatic N) is 1. The quantitative estimate of drug-likeness (QED) is 0.903. The summed E-state index contributed by atoms with van der Waals surface area (Å²) in [5.41, 5.74) is 8.51. The van der Waals surface area contributed by atoms with E-state index in [1.807, 2.05) is 11.9 Å². The summed E-state index contributed by atoms with van der Waals surface area (Å²) in [7, 11) is 1.95. The van der Waals surface area contributed by atoms with Crippen LogP contribution in [-0.2, 0) is 11.2 Å². The van der Waals surface area contributed by atoms with E-state index in [4.69, 9.17) is 5.73 Å². The summed E-state index contributed by atoms with van der Waals surface area (Å²) in [6, 6.07) is 9.10. The number of likely N-dealkylation sites (N-methyl/N-ethyl adjacent to an activating group) is 1. The third kappa shape index (κ3) is 4.72. The largest absolute Gasteiger partial charge is 0.342 e. The second-order valence-corrected chi connectivity index (χ2v) is 6.47. The number of nitrogens with two attached hydrogens (primary N) is 1. The smallest absolute Gasteiger partial charge is 0.225 e. The van der Waals surface area contributed by atoms with E-state index < -0.39 is 0 Å². The van der Waals surface area contributed by atoms with Crippen molar-refractivity contribution in [2.45, 2.75) is 58.0 Å². The summed E-state index contributed by atoms with van der Waals surface area (Å²) < 4.78 is 0. The maximum atomic E-state index is 12.6. The van der Waals surface area contributed by atoms with Crippen LogP contribution in [0.3, 0.4) is 0 Å².